The van der Waals surface area contributed by atoms with Gasteiger partial charge < -0.3 is 5.11 Å². The summed E-state index contributed by atoms with van der Waals surface area (Å²) in [6.45, 7) is 12.5. The predicted molar refractivity (Wildman–Crippen MR) is 76.4 cm³/mol. The van der Waals surface area contributed by atoms with Crippen LogP contribution in [-0.2, 0) is 7.05 Å². The fraction of sp³-hybridized carbons (Fsp3) is 0.562. The van der Waals surface area contributed by atoms with Gasteiger partial charge in [-0.2, -0.15) is 0 Å². The summed E-state index contributed by atoms with van der Waals surface area (Å²) >= 11 is 0. The van der Waals surface area contributed by atoms with Crippen molar-refractivity contribution in [2.45, 2.75) is 48.0 Å². The van der Waals surface area contributed by atoms with E-state index in [1.807, 2.05) is 7.05 Å². The average molecular weight is 248 g/mol. The Morgan fingerprint density at radius 1 is 1.28 bits per heavy atom. The molecule has 18 heavy (non-hydrogen) atoms. The van der Waals surface area contributed by atoms with Gasteiger partial charge in [-0.3, -0.25) is 0 Å². The van der Waals surface area contributed by atoms with E-state index in [9.17, 15) is 5.11 Å². The van der Waals surface area contributed by atoms with Crippen molar-refractivity contribution in [1.29, 1.82) is 0 Å². The quantitative estimate of drug-likeness (QED) is 0.637. The van der Waals surface area contributed by atoms with Crippen LogP contribution in [0, 0.1) is 19.3 Å². The lowest BCUT2D eigenvalue weighted by Gasteiger charge is -2.25. The summed E-state index contributed by atoms with van der Waals surface area (Å²) in [6.07, 6.45) is 3.12. The molecule has 0 aliphatic rings. The molecule has 0 atom stereocenters. The van der Waals surface area contributed by atoms with Crippen LogP contribution >= 0.6 is 0 Å². The van der Waals surface area contributed by atoms with Crippen LogP contribution in [0.25, 0.3) is 5.57 Å². The van der Waals surface area contributed by atoms with Crippen molar-refractivity contribution in [3.63, 3.8) is 0 Å². The molecule has 0 aliphatic heterocycles. The lowest BCUT2D eigenvalue weighted by molar-refractivity contribution is -0.674. The van der Waals surface area contributed by atoms with Crippen molar-refractivity contribution in [2.24, 2.45) is 12.5 Å². The average Bonchev–Trinajstić information content (AvgIpc) is 2.25. The molecule has 0 radical (unpaired) electrons. The summed E-state index contributed by atoms with van der Waals surface area (Å²) in [5.74, 6) is 0.417. The number of aromatic nitrogens is 1. The third-order valence-corrected chi connectivity index (χ3v) is 3.92. The topological polar surface area (TPSA) is 24.1 Å². The molecule has 0 amide bonds. The van der Waals surface area contributed by atoms with Gasteiger partial charge in [-0.15, -0.1) is 0 Å². The highest BCUT2D eigenvalue weighted by Crippen LogP contribution is 2.38. The fourth-order valence-electron chi connectivity index (χ4n) is 2.33. The van der Waals surface area contributed by atoms with E-state index in [1.165, 1.54) is 11.1 Å². The fourth-order valence-corrected chi connectivity index (χ4v) is 2.33. The number of aliphatic hydroxyl groups is 1. The first kappa shape index (κ1) is 14.7. The highest BCUT2D eigenvalue weighted by Gasteiger charge is 2.30. The SMILES string of the molecule is CCC(C)(C)/C(=C(\C)O)c1cc(C)c(C)c[n+]1C. The predicted octanol–water partition coefficient (Wildman–Crippen LogP) is 3.85. The summed E-state index contributed by atoms with van der Waals surface area (Å²) in [5.41, 5.74) is 4.64. The Labute approximate surface area is 111 Å². The zero-order valence-corrected chi connectivity index (χ0v) is 12.8. The van der Waals surface area contributed by atoms with Crippen molar-refractivity contribution < 1.29 is 9.67 Å². The van der Waals surface area contributed by atoms with Crippen LogP contribution in [0.4, 0.5) is 0 Å². The van der Waals surface area contributed by atoms with Crippen LogP contribution in [-0.4, -0.2) is 5.11 Å². The molecule has 0 spiro atoms. The maximum absolute atomic E-state index is 10.1. The Kier molecular flexibility index (Phi) is 4.20. The third-order valence-electron chi connectivity index (χ3n) is 3.92. The van der Waals surface area contributed by atoms with E-state index in [0.717, 1.165) is 17.7 Å². The number of pyridine rings is 1. The van der Waals surface area contributed by atoms with E-state index in [2.05, 4.69) is 51.4 Å². The molecule has 0 unspecified atom stereocenters. The molecule has 100 valence electrons. The number of aliphatic hydroxyl groups excluding tert-OH is 1. The van der Waals surface area contributed by atoms with E-state index in [1.54, 1.807) is 6.92 Å². The normalized spacial score (nSPS) is 13.5. The number of nitrogens with zero attached hydrogens (tertiary/aromatic N) is 1. The summed E-state index contributed by atoms with van der Waals surface area (Å²) < 4.78 is 2.11. The van der Waals surface area contributed by atoms with Gasteiger partial charge in [0.2, 0.25) is 5.69 Å². The molecular weight excluding hydrogens is 222 g/mol. The Hall–Kier alpha value is -1.31. The number of hydrogen-bond acceptors (Lipinski definition) is 1. The highest BCUT2D eigenvalue weighted by atomic mass is 16.3. The van der Waals surface area contributed by atoms with Crippen molar-refractivity contribution in [3.8, 4) is 0 Å². The highest BCUT2D eigenvalue weighted by molar-refractivity contribution is 5.67. The van der Waals surface area contributed by atoms with E-state index in [0.29, 0.717) is 5.76 Å². The number of aryl methyl sites for hydroxylation is 3. The number of allylic oxidation sites excluding steroid dienone is 2. The largest absolute Gasteiger partial charge is 0.512 e. The van der Waals surface area contributed by atoms with Crippen LogP contribution in [0.2, 0.25) is 0 Å². The van der Waals surface area contributed by atoms with Crippen molar-refractivity contribution in [2.75, 3.05) is 0 Å². The third kappa shape index (κ3) is 2.74. The molecule has 2 nitrogen and oxygen atoms in total. The maximum Gasteiger partial charge on any atom is 0.212 e. The van der Waals surface area contributed by atoms with Crippen LogP contribution < -0.4 is 4.57 Å². The second-order valence-corrected chi connectivity index (χ2v) is 5.83. The van der Waals surface area contributed by atoms with Crippen LogP contribution in [0.3, 0.4) is 0 Å². The van der Waals surface area contributed by atoms with Gasteiger partial charge in [0.1, 0.15) is 7.05 Å². The molecular formula is C16H26NO+. The van der Waals surface area contributed by atoms with Crippen LogP contribution in [0.1, 0.15) is 50.9 Å². The van der Waals surface area contributed by atoms with Crippen LogP contribution in [0.15, 0.2) is 18.0 Å². The van der Waals surface area contributed by atoms with Crippen molar-refractivity contribution >= 4 is 5.57 Å². The van der Waals surface area contributed by atoms with E-state index in [4.69, 9.17) is 0 Å². The lowest BCUT2D eigenvalue weighted by atomic mass is 9.78. The maximum atomic E-state index is 10.1. The molecule has 1 rings (SSSR count). The van der Waals surface area contributed by atoms with Gasteiger partial charge in [-0.05, 0) is 38.2 Å². The summed E-state index contributed by atoms with van der Waals surface area (Å²) in [6, 6.07) is 2.17. The molecule has 0 bridgehead atoms. The minimum absolute atomic E-state index is 0.0295. The second-order valence-electron chi connectivity index (χ2n) is 5.83. The molecule has 1 N–H and O–H groups in total. The minimum Gasteiger partial charge on any atom is -0.512 e. The molecule has 2 heteroatoms. The molecule has 0 aliphatic carbocycles. The van der Waals surface area contributed by atoms with E-state index >= 15 is 0 Å². The Balaban J connectivity index is 3.52. The van der Waals surface area contributed by atoms with Crippen molar-refractivity contribution in [3.05, 3.63) is 34.8 Å². The molecule has 0 aromatic carbocycles. The number of hydrogen-bond donors (Lipinski definition) is 1. The van der Waals surface area contributed by atoms with Crippen molar-refractivity contribution in [1.82, 2.24) is 0 Å². The van der Waals surface area contributed by atoms with Gasteiger partial charge in [0.15, 0.2) is 6.20 Å². The molecule has 1 aromatic rings. The first-order chi connectivity index (χ1) is 8.20. The molecule has 0 saturated carbocycles. The van der Waals surface area contributed by atoms with E-state index < -0.39 is 0 Å². The second kappa shape index (κ2) is 5.13. The summed E-state index contributed by atoms with van der Waals surface area (Å²) in [4.78, 5) is 0. The zero-order chi connectivity index (χ0) is 14.1. The Morgan fingerprint density at radius 2 is 1.83 bits per heavy atom. The van der Waals surface area contributed by atoms with Gasteiger partial charge in [-0.1, -0.05) is 20.8 Å². The van der Waals surface area contributed by atoms with Gasteiger partial charge >= 0.3 is 0 Å². The number of rotatable bonds is 3. The van der Waals surface area contributed by atoms with Crippen LogP contribution in [0.5, 0.6) is 0 Å². The first-order valence-corrected chi connectivity index (χ1v) is 6.58. The first-order valence-electron chi connectivity index (χ1n) is 6.58. The van der Waals surface area contributed by atoms with E-state index in [-0.39, 0.29) is 5.41 Å². The van der Waals surface area contributed by atoms with Gasteiger partial charge in [-0.25, -0.2) is 4.57 Å². The standard InChI is InChI=1S/C16H25NO/c1-8-16(5,6)15(13(4)18)14-9-11(2)12(3)10-17(14)7/h9-10H,8H2,1-7H3/p+1. The van der Waals surface area contributed by atoms with Gasteiger partial charge in [0, 0.05) is 11.6 Å². The van der Waals surface area contributed by atoms with Gasteiger partial charge in [0.25, 0.3) is 0 Å². The molecule has 0 saturated heterocycles. The Bertz CT molecular complexity index is 480. The monoisotopic (exact) mass is 248 g/mol. The smallest absolute Gasteiger partial charge is 0.212 e. The molecule has 0 fully saturated rings. The Morgan fingerprint density at radius 3 is 2.28 bits per heavy atom. The minimum atomic E-state index is -0.0295. The van der Waals surface area contributed by atoms with Gasteiger partial charge in [0.05, 0.1) is 11.3 Å². The lowest BCUT2D eigenvalue weighted by Crippen LogP contribution is -2.36. The molecule has 1 aromatic heterocycles. The summed E-state index contributed by atoms with van der Waals surface area (Å²) in [5, 5.41) is 10.1. The zero-order valence-electron chi connectivity index (χ0n) is 12.8. The summed E-state index contributed by atoms with van der Waals surface area (Å²) in [7, 11) is 2.04. The molecule has 1 heterocycles.